The molecular formula is C37H24N2O. The van der Waals surface area contributed by atoms with Crippen LogP contribution < -0.4 is 0 Å². The first kappa shape index (κ1) is 21.0. The molecule has 0 saturated carbocycles. The van der Waals surface area contributed by atoms with Gasteiger partial charge >= 0.3 is 0 Å². The fourth-order valence-corrected chi connectivity index (χ4v) is 7.36. The van der Waals surface area contributed by atoms with Crippen LogP contribution in [0.5, 0.6) is 0 Å². The number of benzene rings is 5. The van der Waals surface area contributed by atoms with Crippen molar-refractivity contribution in [2.75, 3.05) is 6.54 Å². The maximum atomic E-state index is 6.50. The molecule has 4 heterocycles. The molecule has 7 aromatic rings. The summed E-state index contributed by atoms with van der Waals surface area (Å²) < 4.78 is 6.50. The van der Waals surface area contributed by atoms with Crippen molar-refractivity contribution in [3.63, 3.8) is 0 Å². The van der Waals surface area contributed by atoms with Gasteiger partial charge in [-0.1, -0.05) is 91.0 Å². The highest BCUT2D eigenvalue weighted by Crippen LogP contribution is 2.55. The number of nitrogens with one attached hydrogen (secondary N) is 1. The lowest BCUT2D eigenvalue weighted by Gasteiger charge is -2.14. The molecule has 3 atom stereocenters. The molecule has 10 rings (SSSR count). The lowest BCUT2D eigenvalue weighted by Crippen LogP contribution is -2.18. The fraction of sp³-hybridized carbons (Fsp3) is 0.0811. The minimum Gasteiger partial charge on any atom is -0.456 e. The molecule has 2 aromatic heterocycles. The van der Waals surface area contributed by atoms with E-state index in [9.17, 15) is 0 Å². The second kappa shape index (κ2) is 7.20. The molecule has 0 bridgehead atoms. The predicted octanol–water partition coefficient (Wildman–Crippen LogP) is 8.99. The first-order chi connectivity index (χ1) is 19.7. The van der Waals surface area contributed by atoms with Crippen molar-refractivity contribution in [3.8, 4) is 11.1 Å². The molecule has 5 aromatic carbocycles. The number of allylic oxidation sites excluding steroid dienone is 2. The topological polar surface area (TPSA) is 31.9 Å². The first-order valence-corrected chi connectivity index (χ1v) is 14.0. The van der Waals surface area contributed by atoms with E-state index in [0.717, 1.165) is 34.0 Å². The number of para-hydroxylation sites is 1. The predicted molar refractivity (Wildman–Crippen MR) is 165 cm³/mol. The summed E-state index contributed by atoms with van der Waals surface area (Å²) in [5.74, 6) is 0. The summed E-state index contributed by atoms with van der Waals surface area (Å²) in [5.41, 5.74) is 9.38. The smallest absolute Gasteiger partial charge is 0.136 e. The lowest BCUT2D eigenvalue weighted by molar-refractivity contribution is 0.470. The van der Waals surface area contributed by atoms with Crippen LogP contribution in [0.3, 0.4) is 0 Å². The Hall–Kier alpha value is -4.86. The van der Waals surface area contributed by atoms with Gasteiger partial charge in [0.25, 0.3) is 0 Å². The first-order valence-electron chi connectivity index (χ1n) is 14.0. The fourth-order valence-electron chi connectivity index (χ4n) is 7.36. The summed E-state index contributed by atoms with van der Waals surface area (Å²) in [6, 6.07) is 33.4. The van der Waals surface area contributed by atoms with Crippen LogP contribution in [0.2, 0.25) is 0 Å². The van der Waals surface area contributed by atoms with Gasteiger partial charge in [0.2, 0.25) is 0 Å². The molecule has 1 saturated heterocycles. The summed E-state index contributed by atoms with van der Waals surface area (Å²) in [6.45, 7) is 1.07. The molecule has 0 spiro atoms. The SMILES string of the molecule is C1=CC2=CC3(c4cccc5c4[nH]c4cc6c(cc45)oc4cc(-c5ccc7ccccc7c5)ccc46)CN3C2C=C1. The van der Waals surface area contributed by atoms with Crippen LogP contribution in [0.1, 0.15) is 5.56 Å². The lowest BCUT2D eigenvalue weighted by atomic mass is 9.94. The molecule has 188 valence electrons. The van der Waals surface area contributed by atoms with Crippen LogP contribution in [0.25, 0.3) is 65.6 Å². The Bertz CT molecular complexity index is 2330. The molecule has 1 aliphatic carbocycles. The van der Waals surface area contributed by atoms with Crippen molar-refractivity contribution in [1.29, 1.82) is 0 Å². The number of aromatic nitrogens is 1. The van der Waals surface area contributed by atoms with Gasteiger partial charge in [-0.3, -0.25) is 4.90 Å². The zero-order valence-electron chi connectivity index (χ0n) is 21.7. The maximum absolute atomic E-state index is 6.50. The number of rotatable bonds is 2. The molecule has 1 fully saturated rings. The maximum Gasteiger partial charge on any atom is 0.136 e. The monoisotopic (exact) mass is 512 g/mol. The molecule has 40 heavy (non-hydrogen) atoms. The summed E-state index contributed by atoms with van der Waals surface area (Å²) in [5, 5.41) is 7.27. The van der Waals surface area contributed by atoms with Crippen LogP contribution in [0.4, 0.5) is 0 Å². The van der Waals surface area contributed by atoms with E-state index in [1.165, 1.54) is 49.3 Å². The van der Waals surface area contributed by atoms with Crippen molar-refractivity contribution >= 4 is 54.5 Å². The highest BCUT2D eigenvalue weighted by Gasteiger charge is 2.59. The number of furan rings is 1. The zero-order valence-corrected chi connectivity index (χ0v) is 21.7. The summed E-state index contributed by atoms with van der Waals surface area (Å²) in [7, 11) is 0. The average molecular weight is 513 g/mol. The second-order valence-corrected chi connectivity index (χ2v) is 11.5. The number of hydrogen-bond donors (Lipinski definition) is 1. The Kier molecular flexibility index (Phi) is 3.79. The number of hydrogen-bond acceptors (Lipinski definition) is 2. The Morgan fingerprint density at radius 1 is 0.725 bits per heavy atom. The molecule has 3 heteroatoms. The normalized spacial score (nSPS) is 22.9. The molecule has 1 N–H and O–H groups in total. The van der Waals surface area contributed by atoms with Gasteiger partial charge in [-0.15, -0.1) is 0 Å². The van der Waals surface area contributed by atoms with Crippen molar-refractivity contribution in [1.82, 2.24) is 9.88 Å². The van der Waals surface area contributed by atoms with Gasteiger partial charge in [0, 0.05) is 39.2 Å². The quantitative estimate of drug-likeness (QED) is 0.234. The van der Waals surface area contributed by atoms with Crippen LogP contribution in [0, 0.1) is 0 Å². The van der Waals surface area contributed by atoms with Crippen molar-refractivity contribution in [2.45, 2.75) is 11.6 Å². The van der Waals surface area contributed by atoms with Gasteiger partial charge in [-0.2, -0.15) is 0 Å². The van der Waals surface area contributed by atoms with Gasteiger partial charge in [0.1, 0.15) is 11.2 Å². The third kappa shape index (κ3) is 2.67. The minimum absolute atomic E-state index is 0.00953. The van der Waals surface area contributed by atoms with Gasteiger partial charge in [0.15, 0.2) is 0 Å². The Balaban J connectivity index is 1.12. The summed E-state index contributed by atoms with van der Waals surface area (Å²) >= 11 is 0. The molecule has 0 radical (unpaired) electrons. The van der Waals surface area contributed by atoms with Crippen LogP contribution in [-0.4, -0.2) is 22.5 Å². The number of aromatic amines is 1. The van der Waals surface area contributed by atoms with Crippen LogP contribution in [0.15, 0.2) is 131 Å². The van der Waals surface area contributed by atoms with E-state index in [1.807, 2.05) is 0 Å². The molecule has 2 aliphatic heterocycles. The van der Waals surface area contributed by atoms with E-state index >= 15 is 0 Å². The van der Waals surface area contributed by atoms with E-state index in [2.05, 4.69) is 131 Å². The van der Waals surface area contributed by atoms with Crippen LogP contribution >= 0.6 is 0 Å². The number of H-pyrrole nitrogens is 1. The van der Waals surface area contributed by atoms with Gasteiger partial charge in [0.05, 0.1) is 17.1 Å². The highest BCUT2D eigenvalue weighted by atomic mass is 16.3. The van der Waals surface area contributed by atoms with E-state index in [1.54, 1.807) is 0 Å². The number of nitrogens with zero attached hydrogens (tertiary/aromatic N) is 1. The third-order valence-corrected chi connectivity index (χ3v) is 9.37. The second-order valence-electron chi connectivity index (χ2n) is 11.5. The summed E-state index contributed by atoms with van der Waals surface area (Å²) in [6.07, 6.45) is 11.4. The minimum atomic E-state index is -0.00953. The Labute approximate surface area is 230 Å². The van der Waals surface area contributed by atoms with E-state index < -0.39 is 0 Å². The summed E-state index contributed by atoms with van der Waals surface area (Å²) in [4.78, 5) is 6.42. The largest absolute Gasteiger partial charge is 0.456 e. The third-order valence-electron chi connectivity index (χ3n) is 9.37. The zero-order chi connectivity index (χ0) is 26.0. The van der Waals surface area contributed by atoms with E-state index in [-0.39, 0.29) is 5.54 Å². The van der Waals surface area contributed by atoms with Crippen molar-refractivity contribution < 1.29 is 4.42 Å². The molecule has 3 nitrogen and oxygen atoms in total. The Morgan fingerprint density at radius 3 is 2.55 bits per heavy atom. The van der Waals surface area contributed by atoms with Gasteiger partial charge in [-0.05, 0) is 57.8 Å². The standard InChI is InChI=1S/C37H24N2O/c1-2-7-23-16-24(13-12-22(23)6-1)25-14-15-27-30-18-32-29(19-35(30)40-34(27)17-25)28-9-5-10-31(36(28)38-32)37-20-26-8-3-4-11-33(26)39(37)21-37/h1-20,33,38H,21H2. The molecular weight excluding hydrogens is 488 g/mol. The van der Waals surface area contributed by atoms with Crippen LogP contribution in [-0.2, 0) is 5.54 Å². The van der Waals surface area contributed by atoms with Crippen molar-refractivity contribution in [3.05, 3.63) is 133 Å². The Morgan fingerprint density at radius 2 is 1.60 bits per heavy atom. The number of fused-ring (bicyclic) bond motifs is 10. The van der Waals surface area contributed by atoms with Gasteiger partial charge in [-0.25, -0.2) is 0 Å². The molecule has 3 unspecified atom stereocenters. The van der Waals surface area contributed by atoms with E-state index in [0.29, 0.717) is 6.04 Å². The van der Waals surface area contributed by atoms with Gasteiger partial charge < -0.3 is 9.40 Å². The van der Waals surface area contributed by atoms with E-state index in [4.69, 9.17) is 4.42 Å². The highest BCUT2D eigenvalue weighted by molar-refractivity contribution is 6.16. The molecule has 3 aliphatic rings. The van der Waals surface area contributed by atoms with Crippen molar-refractivity contribution in [2.24, 2.45) is 0 Å². The average Bonchev–Trinajstić information content (AvgIpc) is 3.27. The molecule has 0 amide bonds.